The maximum absolute atomic E-state index is 2.31. The molecule has 0 radical (unpaired) electrons. The summed E-state index contributed by atoms with van der Waals surface area (Å²) in [6.45, 7) is 6.80. The molecule has 0 aromatic carbocycles. The Bertz CT molecular complexity index is 35.4. The first-order valence-electron chi connectivity index (χ1n) is 3.31. The van der Waals surface area contributed by atoms with E-state index in [1.807, 2.05) is 0 Å². The molecule has 1 unspecified atom stereocenters. The molecule has 0 rings (SSSR count). The third kappa shape index (κ3) is 5.96. The summed E-state index contributed by atoms with van der Waals surface area (Å²) in [6.07, 6.45) is 4.08. The minimum Gasteiger partial charge on any atom is -0.412 e. The average molecular weight is 118 g/mol. The van der Waals surface area contributed by atoms with Crippen LogP contribution in [0.1, 0.15) is 40.0 Å². The van der Waals surface area contributed by atoms with Crippen molar-refractivity contribution in [2.75, 3.05) is 0 Å². The van der Waals surface area contributed by atoms with Gasteiger partial charge in [-0.3, -0.25) is 0 Å². The molecule has 0 aliphatic rings. The molecule has 0 amide bonds. The van der Waals surface area contributed by atoms with Crippen molar-refractivity contribution in [3.05, 3.63) is 0 Å². The summed E-state index contributed by atoms with van der Waals surface area (Å²) < 4.78 is 0. The molecule has 1 atom stereocenters. The van der Waals surface area contributed by atoms with Crippen molar-refractivity contribution < 1.29 is 5.48 Å². The molecule has 8 heavy (non-hydrogen) atoms. The highest BCUT2D eigenvalue weighted by molar-refractivity contribution is 4.45. The van der Waals surface area contributed by atoms with Gasteiger partial charge < -0.3 is 5.48 Å². The van der Waals surface area contributed by atoms with Crippen LogP contribution in [0.25, 0.3) is 0 Å². The van der Waals surface area contributed by atoms with Gasteiger partial charge in [-0.05, 0) is 5.92 Å². The molecule has 2 N–H and O–H groups in total. The standard InChI is InChI=1S/C7H16.H2O/c1-4-6-7(3)5-2;/h7H,4-6H2,1-3H3;1H2. The molecule has 52 valence electrons. The van der Waals surface area contributed by atoms with E-state index >= 15 is 0 Å². The molecule has 1 nitrogen and oxygen atoms in total. The first kappa shape index (κ1) is 10.9. The third-order valence-corrected chi connectivity index (χ3v) is 1.48. The fourth-order valence-corrected chi connectivity index (χ4v) is 0.697. The molecule has 0 aliphatic heterocycles. The van der Waals surface area contributed by atoms with E-state index in [1.165, 1.54) is 19.3 Å². The van der Waals surface area contributed by atoms with Gasteiger partial charge in [0.1, 0.15) is 0 Å². The van der Waals surface area contributed by atoms with Gasteiger partial charge in [0, 0.05) is 0 Å². The average Bonchev–Trinajstić information content (AvgIpc) is 1.68. The van der Waals surface area contributed by atoms with Crippen molar-refractivity contribution in [3.8, 4) is 0 Å². The summed E-state index contributed by atoms with van der Waals surface area (Å²) in [6, 6.07) is 0. The summed E-state index contributed by atoms with van der Waals surface area (Å²) in [5.74, 6) is 0.949. The van der Waals surface area contributed by atoms with Crippen LogP contribution in [0.5, 0.6) is 0 Å². The third-order valence-electron chi connectivity index (χ3n) is 1.48. The maximum atomic E-state index is 2.31. The number of hydrogen-bond donors (Lipinski definition) is 0. The molecule has 0 saturated carbocycles. The molecular weight excluding hydrogens is 100 g/mol. The lowest BCUT2D eigenvalue weighted by molar-refractivity contribution is 0.509. The van der Waals surface area contributed by atoms with E-state index in [4.69, 9.17) is 0 Å². The molecule has 0 aromatic heterocycles. The Labute approximate surface area is 52.4 Å². The van der Waals surface area contributed by atoms with E-state index in [2.05, 4.69) is 20.8 Å². The molecule has 0 saturated heterocycles. The Morgan fingerprint density at radius 1 is 1.25 bits per heavy atom. The first-order valence-corrected chi connectivity index (χ1v) is 3.31. The van der Waals surface area contributed by atoms with Gasteiger partial charge in [-0.15, -0.1) is 0 Å². The van der Waals surface area contributed by atoms with Crippen molar-refractivity contribution in [2.24, 2.45) is 5.92 Å². The van der Waals surface area contributed by atoms with E-state index < -0.39 is 0 Å². The second kappa shape index (κ2) is 6.96. The second-order valence-electron chi connectivity index (χ2n) is 2.30. The Hall–Kier alpha value is -0.0400. The van der Waals surface area contributed by atoms with Crippen LogP contribution in [-0.4, -0.2) is 5.48 Å². The van der Waals surface area contributed by atoms with E-state index in [0.717, 1.165) is 5.92 Å². The minimum absolute atomic E-state index is 0. The molecular formula is C7H18O. The SMILES string of the molecule is CCCC(C)CC.O. The molecule has 0 aromatic rings. The lowest BCUT2D eigenvalue weighted by Crippen LogP contribution is -1.88. The van der Waals surface area contributed by atoms with Gasteiger partial charge in [0.2, 0.25) is 0 Å². The lowest BCUT2D eigenvalue weighted by atomic mass is 10.0. The van der Waals surface area contributed by atoms with Crippen LogP contribution in [0.3, 0.4) is 0 Å². The molecule has 1 heteroatoms. The normalized spacial score (nSPS) is 12.4. The quantitative estimate of drug-likeness (QED) is 0.543. The zero-order chi connectivity index (χ0) is 5.70. The Morgan fingerprint density at radius 2 is 1.75 bits per heavy atom. The fourth-order valence-electron chi connectivity index (χ4n) is 0.697. The highest BCUT2D eigenvalue weighted by Crippen LogP contribution is 2.07. The first-order chi connectivity index (χ1) is 3.31. The molecule has 0 fully saturated rings. The van der Waals surface area contributed by atoms with Gasteiger partial charge in [-0.25, -0.2) is 0 Å². The van der Waals surface area contributed by atoms with E-state index in [0.29, 0.717) is 0 Å². The summed E-state index contributed by atoms with van der Waals surface area (Å²) in [7, 11) is 0. The molecule has 0 spiro atoms. The van der Waals surface area contributed by atoms with E-state index in [1.54, 1.807) is 0 Å². The van der Waals surface area contributed by atoms with Crippen molar-refractivity contribution in [3.63, 3.8) is 0 Å². The van der Waals surface area contributed by atoms with Crippen molar-refractivity contribution in [2.45, 2.75) is 40.0 Å². The van der Waals surface area contributed by atoms with E-state index in [9.17, 15) is 0 Å². The van der Waals surface area contributed by atoms with E-state index in [-0.39, 0.29) is 5.48 Å². The lowest BCUT2D eigenvalue weighted by Gasteiger charge is -2.02. The maximum Gasteiger partial charge on any atom is -0.0446 e. The Balaban J connectivity index is 0. The van der Waals surface area contributed by atoms with Crippen molar-refractivity contribution >= 4 is 0 Å². The molecule has 0 bridgehead atoms. The number of hydrogen-bond acceptors (Lipinski definition) is 0. The van der Waals surface area contributed by atoms with Gasteiger partial charge in [0.15, 0.2) is 0 Å². The van der Waals surface area contributed by atoms with Crippen LogP contribution < -0.4 is 0 Å². The van der Waals surface area contributed by atoms with Gasteiger partial charge in [0.05, 0.1) is 0 Å². The summed E-state index contributed by atoms with van der Waals surface area (Å²) in [4.78, 5) is 0. The zero-order valence-corrected chi connectivity index (χ0v) is 6.20. The van der Waals surface area contributed by atoms with Crippen molar-refractivity contribution in [1.29, 1.82) is 0 Å². The monoisotopic (exact) mass is 118 g/mol. The van der Waals surface area contributed by atoms with Crippen LogP contribution >= 0.6 is 0 Å². The fraction of sp³-hybridized carbons (Fsp3) is 1.00. The number of rotatable bonds is 3. The summed E-state index contributed by atoms with van der Waals surface area (Å²) in [5.41, 5.74) is 0. The van der Waals surface area contributed by atoms with Gasteiger partial charge in [-0.2, -0.15) is 0 Å². The predicted molar refractivity (Wildman–Crippen MR) is 38.0 cm³/mol. The highest BCUT2D eigenvalue weighted by Gasteiger charge is 1.92. The topological polar surface area (TPSA) is 31.5 Å². The zero-order valence-electron chi connectivity index (χ0n) is 6.20. The Kier molecular flexibility index (Phi) is 9.44. The van der Waals surface area contributed by atoms with Crippen LogP contribution in [0.4, 0.5) is 0 Å². The largest absolute Gasteiger partial charge is 0.412 e. The Morgan fingerprint density at radius 3 is 1.88 bits per heavy atom. The predicted octanol–water partition coefficient (Wildman–Crippen LogP) is 2.01. The summed E-state index contributed by atoms with van der Waals surface area (Å²) in [5, 5.41) is 0. The highest BCUT2D eigenvalue weighted by atomic mass is 16.0. The van der Waals surface area contributed by atoms with Gasteiger partial charge in [0.25, 0.3) is 0 Å². The minimum atomic E-state index is 0. The van der Waals surface area contributed by atoms with Crippen LogP contribution in [0, 0.1) is 5.92 Å². The van der Waals surface area contributed by atoms with Crippen LogP contribution in [-0.2, 0) is 0 Å². The molecule has 0 heterocycles. The summed E-state index contributed by atoms with van der Waals surface area (Å²) >= 11 is 0. The van der Waals surface area contributed by atoms with Gasteiger partial charge in [-0.1, -0.05) is 40.0 Å². The smallest absolute Gasteiger partial charge is 0.0446 e. The second-order valence-corrected chi connectivity index (χ2v) is 2.30. The molecule has 0 aliphatic carbocycles. The van der Waals surface area contributed by atoms with Crippen LogP contribution in [0.2, 0.25) is 0 Å². The van der Waals surface area contributed by atoms with Crippen LogP contribution in [0.15, 0.2) is 0 Å². The van der Waals surface area contributed by atoms with Crippen molar-refractivity contribution in [1.82, 2.24) is 0 Å². The van der Waals surface area contributed by atoms with Gasteiger partial charge >= 0.3 is 0 Å².